The minimum Gasteiger partial charge on any atom is -0.395 e. The van der Waals surface area contributed by atoms with Crippen LogP contribution in [0.4, 0.5) is 0 Å². The summed E-state index contributed by atoms with van der Waals surface area (Å²) >= 11 is 1.40. The molecule has 0 fully saturated rings. The molecule has 0 bridgehead atoms. The van der Waals surface area contributed by atoms with Crippen LogP contribution < -0.4 is 5.56 Å². The van der Waals surface area contributed by atoms with Crippen LogP contribution in [0.5, 0.6) is 0 Å². The maximum absolute atomic E-state index is 11.8. The van der Waals surface area contributed by atoms with E-state index in [0.29, 0.717) is 29.7 Å². The van der Waals surface area contributed by atoms with Crippen LogP contribution in [0.1, 0.15) is 19.7 Å². The Morgan fingerprint density at radius 1 is 1.56 bits per heavy atom. The molecule has 5 nitrogen and oxygen atoms in total. The van der Waals surface area contributed by atoms with E-state index in [1.54, 1.807) is 0 Å². The van der Waals surface area contributed by atoms with Crippen LogP contribution in [-0.4, -0.2) is 39.2 Å². The number of aromatic nitrogens is 2. The number of rotatable bonds is 5. The van der Waals surface area contributed by atoms with Gasteiger partial charge in [0.1, 0.15) is 10.5 Å². The highest BCUT2D eigenvalue weighted by Crippen LogP contribution is 2.14. The van der Waals surface area contributed by atoms with Gasteiger partial charge in [0, 0.05) is 12.6 Å². The molecule has 0 aromatic carbocycles. The fraction of sp³-hybridized carbons (Fsp3) is 0.500. The van der Waals surface area contributed by atoms with Crippen LogP contribution >= 0.6 is 11.3 Å². The molecule has 0 saturated heterocycles. The summed E-state index contributed by atoms with van der Waals surface area (Å²) in [5.41, 5.74) is 0.657. The molecule has 0 spiro atoms. The first-order valence-electron chi connectivity index (χ1n) is 5.93. The van der Waals surface area contributed by atoms with Crippen molar-refractivity contribution in [1.82, 2.24) is 14.9 Å². The second-order valence-corrected chi connectivity index (χ2v) is 5.35. The van der Waals surface area contributed by atoms with Crippen molar-refractivity contribution in [3.63, 3.8) is 0 Å². The predicted molar refractivity (Wildman–Crippen MR) is 72.9 cm³/mol. The highest BCUT2D eigenvalue weighted by atomic mass is 32.1. The van der Waals surface area contributed by atoms with Gasteiger partial charge in [-0.15, -0.1) is 11.3 Å². The molecular weight excluding hydrogens is 250 g/mol. The largest absolute Gasteiger partial charge is 0.395 e. The van der Waals surface area contributed by atoms with E-state index in [0.717, 1.165) is 5.52 Å². The summed E-state index contributed by atoms with van der Waals surface area (Å²) in [5, 5.41) is 10.9. The molecule has 0 amide bonds. The first kappa shape index (κ1) is 13.2. The van der Waals surface area contributed by atoms with E-state index in [-0.39, 0.29) is 12.2 Å². The fourth-order valence-electron chi connectivity index (χ4n) is 1.84. The Hall–Kier alpha value is -1.24. The van der Waals surface area contributed by atoms with Gasteiger partial charge in [-0.1, -0.05) is 0 Å². The van der Waals surface area contributed by atoms with Gasteiger partial charge >= 0.3 is 0 Å². The molecule has 2 aromatic rings. The Bertz CT molecular complexity index is 576. The number of aromatic amines is 1. The molecule has 0 aliphatic heterocycles. The number of H-pyrrole nitrogens is 1. The van der Waals surface area contributed by atoms with E-state index in [2.05, 4.69) is 28.7 Å². The molecule has 6 heteroatoms. The summed E-state index contributed by atoms with van der Waals surface area (Å²) in [6.45, 7) is 5.32. The van der Waals surface area contributed by atoms with Gasteiger partial charge in [0.15, 0.2) is 0 Å². The second kappa shape index (κ2) is 5.60. The zero-order valence-corrected chi connectivity index (χ0v) is 11.3. The second-order valence-electron chi connectivity index (χ2n) is 4.44. The number of nitrogens with one attached hydrogen (secondary N) is 1. The molecule has 2 N–H and O–H groups in total. The summed E-state index contributed by atoms with van der Waals surface area (Å²) in [6, 6.07) is 2.14. The number of fused-ring (bicyclic) bond motifs is 1. The summed E-state index contributed by atoms with van der Waals surface area (Å²) < 4.78 is 0.664. The van der Waals surface area contributed by atoms with Gasteiger partial charge in [-0.25, -0.2) is 4.98 Å². The number of aliphatic hydroxyl groups is 1. The lowest BCUT2D eigenvalue weighted by atomic mass is 10.3. The van der Waals surface area contributed by atoms with Crippen molar-refractivity contribution in [2.24, 2.45) is 0 Å². The predicted octanol–water partition coefficient (Wildman–Crippen LogP) is 1.19. The smallest absolute Gasteiger partial charge is 0.268 e. The summed E-state index contributed by atoms with van der Waals surface area (Å²) in [5.74, 6) is 0.646. The van der Waals surface area contributed by atoms with Crippen molar-refractivity contribution >= 4 is 21.6 Å². The Morgan fingerprint density at radius 2 is 2.33 bits per heavy atom. The number of nitrogens with zero attached hydrogens (tertiary/aromatic N) is 2. The molecule has 2 heterocycles. The minimum absolute atomic E-state index is 0.0855. The lowest BCUT2D eigenvalue weighted by Gasteiger charge is -2.24. The van der Waals surface area contributed by atoms with Gasteiger partial charge in [-0.2, -0.15) is 0 Å². The lowest BCUT2D eigenvalue weighted by molar-refractivity contribution is 0.156. The zero-order valence-electron chi connectivity index (χ0n) is 10.5. The summed E-state index contributed by atoms with van der Waals surface area (Å²) in [4.78, 5) is 21.1. The van der Waals surface area contributed by atoms with E-state index in [1.165, 1.54) is 11.3 Å². The molecular formula is C12H17N3O2S. The Balaban J connectivity index is 2.27. The maximum Gasteiger partial charge on any atom is 0.268 e. The number of hydrogen-bond acceptors (Lipinski definition) is 5. The number of thiophene rings is 1. The third kappa shape index (κ3) is 2.77. The van der Waals surface area contributed by atoms with E-state index in [9.17, 15) is 4.79 Å². The van der Waals surface area contributed by atoms with Gasteiger partial charge in [0.2, 0.25) is 0 Å². The average molecular weight is 267 g/mol. The SMILES string of the molecule is CC(C)N(CCO)Cc1nc2ccsc2c(=O)[nH]1. The molecule has 0 unspecified atom stereocenters. The Morgan fingerprint density at radius 3 is 3.00 bits per heavy atom. The summed E-state index contributed by atoms with van der Waals surface area (Å²) in [6.07, 6.45) is 0. The lowest BCUT2D eigenvalue weighted by Crippen LogP contribution is -2.34. The van der Waals surface area contributed by atoms with Crippen molar-refractivity contribution in [1.29, 1.82) is 0 Å². The molecule has 0 aliphatic carbocycles. The van der Waals surface area contributed by atoms with Crippen molar-refractivity contribution < 1.29 is 5.11 Å². The summed E-state index contributed by atoms with van der Waals surface area (Å²) in [7, 11) is 0. The third-order valence-electron chi connectivity index (χ3n) is 2.83. The van der Waals surface area contributed by atoms with E-state index in [1.807, 2.05) is 11.4 Å². The first-order valence-corrected chi connectivity index (χ1v) is 6.81. The normalized spacial score (nSPS) is 11.8. The molecule has 0 saturated carbocycles. The first-order chi connectivity index (χ1) is 8.61. The van der Waals surface area contributed by atoms with Crippen LogP contribution in [0, 0.1) is 0 Å². The number of aliphatic hydroxyl groups excluding tert-OH is 1. The van der Waals surface area contributed by atoms with Gasteiger partial charge in [0.05, 0.1) is 18.7 Å². The van der Waals surface area contributed by atoms with Crippen molar-refractivity contribution in [3.05, 3.63) is 27.6 Å². The van der Waals surface area contributed by atoms with E-state index >= 15 is 0 Å². The van der Waals surface area contributed by atoms with Gasteiger partial charge in [-0.05, 0) is 25.3 Å². The van der Waals surface area contributed by atoms with Crippen molar-refractivity contribution in [2.45, 2.75) is 26.4 Å². The van der Waals surface area contributed by atoms with Crippen LogP contribution in [-0.2, 0) is 6.54 Å². The van der Waals surface area contributed by atoms with Gasteiger partial charge < -0.3 is 10.1 Å². The maximum atomic E-state index is 11.8. The molecule has 0 atom stereocenters. The van der Waals surface area contributed by atoms with Crippen molar-refractivity contribution in [3.8, 4) is 0 Å². The third-order valence-corrected chi connectivity index (χ3v) is 3.74. The minimum atomic E-state index is -0.0855. The highest BCUT2D eigenvalue weighted by Gasteiger charge is 2.12. The van der Waals surface area contributed by atoms with Gasteiger partial charge in [0.25, 0.3) is 5.56 Å². The van der Waals surface area contributed by atoms with Crippen LogP contribution in [0.2, 0.25) is 0 Å². The van der Waals surface area contributed by atoms with Crippen molar-refractivity contribution in [2.75, 3.05) is 13.2 Å². The Kier molecular flexibility index (Phi) is 4.11. The fourth-order valence-corrected chi connectivity index (χ4v) is 2.56. The molecule has 18 heavy (non-hydrogen) atoms. The van der Waals surface area contributed by atoms with Crippen LogP contribution in [0.25, 0.3) is 10.2 Å². The molecule has 2 rings (SSSR count). The van der Waals surface area contributed by atoms with Crippen LogP contribution in [0.3, 0.4) is 0 Å². The zero-order chi connectivity index (χ0) is 13.1. The monoisotopic (exact) mass is 267 g/mol. The Labute approximate surface area is 109 Å². The standard InChI is InChI=1S/C12H17N3O2S/c1-8(2)15(4-5-16)7-10-13-9-3-6-18-11(9)12(17)14-10/h3,6,8,16H,4-5,7H2,1-2H3,(H,13,14,17). The molecule has 0 radical (unpaired) electrons. The number of hydrogen-bond donors (Lipinski definition) is 2. The molecule has 98 valence electrons. The van der Waals surface area contributed by atoms with Gasteiger partial charge in [-0.3, -0.25) is 9.69 Å². The molecule has 2 aromatic heterocycles. The average Bonchev–Trinajstić information content (AvgIpc) is 2.77. The molecule has 0 aliphatic rings. The van der Waals surface area contributed by atoms with Crippen LogP contribution in [0.15, 0.2) is 16.2 Å². The highest BCUT2D eigenvalue weighted by molar-refractivity contribution is 7.17. The quantitative estimate of drug-likeness (QED) is 0.853. The topological polar surface area (TPSA) is 69.2 Å². The van der Waals surface area contributed by atoms with E-state index in [4.69, 9.17) is 5.11 Å². The van der Waals surface area contributed by atoms with E-state index < -0.39 is 0 Å².